The van der Waals surface area contributed by atoms with Crippen LogP contribution in [0.4, 0.5) is 0 Å². The van der Waals surface area contributed by atoms with Crippen LogP contribution in [0, 0.1) is 0 Å². The second-order valence-electron chi connectivity index (χ2n) is 5.09. The van der Waals surface area contributed by atoms with Crippen LogP contribution in [0.25, 0.3) is 10.9 Å². The minimum atomic E-state index is 0.0804. The molecule has 0 fully saturated rings. The van der Waals surface area contributed by atoms with Crippen molar-refractivity contribution in [2.24, 2.45) is 0 Å². The minimum Gasteiger partial charge on any atom is -0.392 e. The van der Waals surface area contributed by atoms with E-state index in [4.69, 9.17) is 16.7 Å². The van der Waals surface area contributed by atoms with E-state index in [0.29, 0.717) is 0 Å². The van der Waals surface area contributed by atoms with Crippen LogP contribution < -0.4 is 5.32 Å². The maximum absolute atomic E-state index is 9.14. The molecule has 0 spiro atoms. The Morgan fingerprint density at radius 1 is 1.05 bits per heavy atom. The average molecular weight is 301 g/mol. The lowest BCUT2D eigenvalue weighted by molar-refractivity contribution is 0.281. The Morgan fingerprint density at radius 2 is 1.90 bits per heavy atom. The first kappa shape index (κ1) is 14.1. The molecule has 0 aliphatic rings. The summed E-state index contributed by atoms with van der Waals surface area (Å²) in [6.45, 7) is 1.64. The first-order valence-electron chi connectivity index (χ1n) is 6.91. The van der Waals surface area contributed by atoms with Crippen LogP contribution >= 0.6 is 11.6 Å². The predicted octanol–water partition coefficient (Wildman–Crippen LogP) is 3.60. The number of halogens is 1. The number of aliphatic hydroxyl groups excluding tert-OH is 1. The number of fused-ring (bicyclic) bond motifs is 1. The van der Waals surface area contributed by atoms with Crippen molar-refractivity contribution in [2.45, 2.75) is 19.7 Å². The van der Waals surface area contributed by atoms with Crippen LogP contribution in [-0.2, 0) is 19.7 Å². The van der Waals surface area contributed by atoms with E-state index >= 15 is 0 Å². The van der Waals surface area contributed by atoms with E-state index in [1.54, 1.807) is 0 Å². The number of nitrogens with one attached hydrogen (secondary N) is 2. The van der Waals surface area contributed by atoms with E-state index in [9.17, 15) is 0 Å². The molecule has 0 aliphatic heterocycles. The Labute approximate surface area is 128 Å². The van der Waals surface area contributed by atoms with Crippen molar-refractivity contribution in [1.29, 1.82) is 0 Å². The molecule has 0 saturated carbocycles. The molecule has 108 valence electrons. The van der Waals surface area contributed by atoms with Crippen molar-refractivity contribution in [2.75, 3.05) is 0 Å². The Kier molecular flexibility index (Phi) is 4.25. The molecule has 0 amide bonds. The van der Waals surface area contributed by atoms with E-state index in [0.717, 1.165) is 29.2 Å². The van der Waals surface area contributed by atoms with Gasteiger partial charge in [0.2, 0.25) is 0 Å². The highest BCUT2D eigenvalue weighted by Gasteiger charge is 2.04. The normalized spacial score (nSPS) is 11.1. The van der Waals surface area contributed by atoms with Gasteiger partial charge in [-0.05, 0) is 28.8 Å². The lowest BCUT2D eigenvalue weighted by Crippen LogP contribution is -2.12. The van der Waals surface area contributed by atoms with Gasteiger partial charge in [0.15, 0.2) is 0 Å². The van der Waals surface area contributed by atoms with Gasteiger partial charge < -0.3 is 15.4 Å². The molecular weight excluding hydrogens is 284 g/mol. The zero-order valence-corrected chi connectivity index (χ0v) is 12.3. The number of H-pyrrole nitrogens is 1. The smallest absolute Gasteiger partial charge is 0.0681 e. The molecule has 0 unspecified atom stereocenters. The van der Waals surface area contributed by atoms with Crippen LogP contribution in [0.3, 0.4) is 0 Å². The lowest BCUT2D eigenvalue weighted by atomic mass is 10.1. The van der Waals surface area contributed by atoms with Crippen molar-refractivity contribution >= 4 is 22.5 Å². The lowest BCUT2D eigenvalue weighted by Gasteiger charge is -2.06. The largest absolute Gasteiger partial charge is 0.392 e. The summed E-state index contributed by atoms with van der Waals surface area (Å²) in [4.78, 5) is 3.24. The molecule has 2 aromatic carbocycles. The monoisotopic (exact) mass is 300 g/mol. The standard InChI is InChI=1S/C17H17ClN2O/c18-15-4-5-16-14(10-20-17(16)7-15)9-19-8-12-2-1-3-13(6-12)11-21/h1-7,10,19-21H,8-9,11H2. The van der Waals surface area contributed by atoms with Crippen LogP contribution in [0.2, 0.25) is 5.02 Å². The second-order valence-corrected chi connectivity index (χ2v) is 5.52. The Balaban J connectivity index is 1.66. The van der Waals surface area contributed by atoms with Gasteiger partial charge in [-0.25, -0.2) is 0 Å². The summed E-state index contributed by atoms with van der Waals surface area (Å²) in [6, 6.07) is 13.8. The number of aliphatic hydroxyl groups is 1. The number of hydrogen-bond acceptors (Lipinski definition) is 2. The zero-order valence-electron chi connectivity index (χ0n) is 11.6. The van der Waals surface area contributed by atoms with E-state index < -0.39 is 0 Å². The number of aromatic amines is 1. The molecule has 0 saturated heterocycles. The summed E-state index contributed by atoms with van der Waals surface area (Å²) in [5.41, 5.74) is 4.39. The van der Waals surface area contributed by atoms with E-state index in [2.05, 4.69) is 16.4 Å². The Morgan fingerprint density at radius 3 is 2.76 bits per heavy atom. The Hall–Kier alpha value is -1.81. The molecule has 0 bridgehead atoms. The highest BCUT2D eigenvalue weighted by molar-refractivity contribution is 6.31. The maximum atomic E-state index is 9.14. The third kappa shape index (κ3) is 3.27. The first-order chi connectivity index (χ1) is 10.3. The first-order valence-corrected chi connectivity index (χ1v) is 7.29. The van der Waals surface area contributed by atoms with Gasteiger partial charge in [-0.1, -0.05) is 41.9 Å². The predicted molar refractivity (Wildman–Crippen MR) is 86.2 cm³/mol. The summed E-state index contributed by atoms with van der Waals surface area (Å²) in [5, 5.41) is 14.5. The van der Waals surface area contributed by atoms with Gasteiger partial charge in [-0.2, -0.15) is 0 Å². The average Bonchev–Trinajstić information content (AvgIpc) is 2.90. The molecule has 0 atom stereocenters. The molecule has 21 heavy (non-hydrogen) atoms. The zero-order chi connectivity index (χ0) is 14.7. The molecule has 3 N–H and O–H groups in total. The summed E-state index contributed by atoms with van der Waals surface area (Å²) >= 11 is 5.98. The molecule has 3 rings (SSSR count). The van der Waals surface area contributed by atoms with Gasteiger partial charge in [0.1, 0.15) is 0 Å². The number of hydrogen-bond donors (Lipinski definition) is 3. The van der Waals surface area contributed by atoms with Crippen LogP contribution in [0.5, 0.6) is 0 Å². The van der Waals surface area contributed by atoms with Gasteiger partial charge in [0.05, 0.1) is 6.61 Å². The SMILES string of the molecule is OCc1cccc(CNCc2c[nH]c3cc(Cl)ccc23)c1. The fourth-order valence-electron chi connectivity index (χ4n) is 2.48. The van der Waals surface area contributed by atoms with E-state index in [1.807, 2.05) is 42.6 Å². The van der Waals surface area contributed by atoms with Crippen molar-refractivity contribution in [3.8, 4) is 0 Å². The van der Waals surface area contributed by atoms with Gasteiger partial charge in [-0.15, -0.1) is 0 Å². The minimum absolute atomic E-state index is 0.0804. The molecule has 0 aliphatic carbocycles. The van der Waals surface area contributed by atoms with Gasteiger partial charge >= 0.3 is 0 Å². The summed E-state index contributed by atoms with van der Waals surface area (Å²) in [7, 11) is 0. The number of aromatic nitrogens is 1. The molecule has 3 nitrogen and oxygen atoms in total. The third-order valence-electron chi connectivity index (χ3n) is 3.55. The maximum Gasteiger partial charge on any atom is 0.0681 e. The van der Waals surface area contributed by atoms with Crippen LogP contribution in [-0.4, -0.2) is 10.1 Å². The molecule has 1 aromatic heterocycles. The van der Waals surface area contributed by atoms with E-state index in [-0.39, 0.29) is 6.61 Å². The highest BCUT2D eigenvalue weighted by atomic mass is 35.5. The molecular formula is C17H17ClN2O. The van der Waals surface area contributed by atoms with E-state index in [1.165, 1.54) is 16.5 Å². The second kappa shape index (κ2) is 6.31. The molecule has 0 radical (unpaired) electrons. The number of benzene rings is 2. The third-order valence-corrected chi connectivity index (χ3v) is 3.78. The fraction of sp³-hybridized carbons (Fsp3) is 0.176. The van der Waals surface area contributed by atoms with Gasteiger partial charge in [0, 0.05) is 35.2 Å². The van der Waals surface area contributed by atoms with Gasteiger partial charge in [-0.3, -0.25) is 0 Å². The Bertz CT molecular complexity index is 751. The van der Waals surface area contributed by atoms with Crippen molar-refractivity contribution in [3.05, 3.63) is 70.4 Å². The highest BCUT2D eigenvalue weighted by Crippen LogP contribution is 2.22. The quantitative estimate of drug-likeness (QED) is 0.674. The number of rotatable bonds is 5. The van der Waals surface area contributed by atoms with Crippen LogP contribution in [0.15, 0.2) is 48.7 Å². The summed E-state index contributed by atoms with van der Waals surface area (Å²) < 4.78 is 0. The van der Waals surface area contributed by atoms with Crippen LogP contribution in [0.1, 0.15) is 16.7 Å². The molecule has 3 aromatic rings. The van der Waals surface area contributed by atoms with Crippen molar-refractivity contribution < 1.29 is 5.11 Å². The summed E-state index contributed by atoms with van der Waals surface area (Å²) in [5.74, 6) is 0. The van der Waals surface area contributed by atoms with Gasteiger partial charge in [0.25, 0.3) is 0 Å². The van der Waals surface area contributed by atoms with Crippen molar-refractivity contribution in [1.82, 2.24) is 10.3 Å². The molecule has 4 heteroatoms. The summed E-state index contributed by atoms with van der Waals surface area (Å²) in [6.07, 6.45) is 2.01. The topological polar surface area (TPSA) is 48.0 Å². The van der Waals surface area contributed by atoms with Crippen molar-refractivity contribution in [3.63, 3.8) is 0 Å². The fourth-order valence-corrected chi connectivity index (χ4v) is 2.66. The molecule has 1 heterocycles.